The van der Waals surface area contributed by atoms with Gasteiger partial charge in [-0.25, -0.2) is 4.98 Å². The van der Waals surface area contributed by atoms with Crippen LogP contribution in [-0.2, 0) is 4.74 Å². The normalized spacial score (nSPS) is 17.0. The van der Waals surface area contributed by atoms with Gasteiger partial charge in [-0.15, -0.1) is 0 Å². The first-order chi connectivity index (χ1) is 9.61. The number of aromatic nitrogens is 1. The Hall–Kier alpha value is -1.34. The first-order valence-corrected chi connectivity index (χ1v) is 7.74. The van der Waals surface area contributed by atoms with Crippen LogP contribution in [0, 0.1) is 0 Å². The number of hydrogen-bond acceptors (Lipinski definition) is 6. The van der Waals surface area contributed by atoms with Crippen LogP contribution in [0.5, 0.6) is 0 Å². The zero-order valence-corrected chi connectivity index (χ0v) is 12.8. The zero-order valence-electron chi connectivity index (χ0n) is 12.0. The molecular weight excluding hydrogens is 276 g/mol. The van der Waals surface area contributed by atoms with Crippen LogP contribution in [0.15, 0.2) is 0 Å². The molecule has 1 fully saturated rings. The lowest BCUT2D eigenvalue weighted by molar-refractivity contribution is 0.0910. The van der Waals surface area contributed by atoms with Crippen molar-refractivity contribution in [1.29, 1.82) is 0 Å². The van der Waals surface area contributed by atoms with Crippen LogP contribution in [0.25, 0.3) is 0 Å². The number of hydrogen-bond donors (Lipinski definition) is 2. The standard InChI is InChI=1S/C13H22N4O2S/c1-9(8-19-2)15-12(18)10-11(14)16-13(20-10)17-6-4-3-5-7-17/h9H,3-8,14H2,1-2H3,(H,15,18). The molecule has 1 aliphatic heterocycles. The maximum atomic E-state index is 12.2. The number of nitrogens with zero attached hydrogens (tertiary/aromatic N) is 2. The van der Waals surface area contributed by atoms with E-state index in [0.717, 1.165) is 18.2 Å². The Bertz CT molecular complexity index is 457. The third kappa shape index (κ3) is 3.61. The van der Waals surface area contributed by atoms with Gasteiger partial charge < -0.3 is 20.7 Å². The van der Waals surface area contributed by atoms with Gasteiger partial charge >= 0.3 is 0 Å². The van der Waals surface area contributed by atoms with Gasteiger partial charge in [-0.3, -0.25) is 4.79 Å². The smallest absolute Gasteiger partial charge is 0.265 e. The summed E-state index contributed by atoms with van der Waals surface area (Å²) in [5.41, 5.74) is 5.88. The number of amides is 1. The van der Waals surface area contributed by atoms with E-state index in [2.05, 4.69) is 15.2 Å². The van der Waals surface area contributed by atoms with Gasteiger partial charge in [-0.05, 0) is 26.2 Å². The highest BCUT2D eigenvalue weighted by Gasteiger charge is 2.21. The first-order valence-electron chi connectivity index (χ1n) is 6.93. The minimum atomic E-state index is -0.173. The van der Waals surface area contributed by atoms with Gasteiger partial charge in [0.05, 0.1) is 6.61 Å². The van der Waals surface area contributed by atoms with E-state index in [1.165, 1.54) is 30.6 Å². The molecule has 20 heavy (non-hydrogen) atoms. The van der Waals surface area contributed by atoms with Crippen LogP contribution in [0.2, 0.25) is 0 Å². The summed E-state index contributed by atoms with van der Waals surface area (Å²) in [6.45, 7) is 4.36. The van der Waals surface area contributed by atoms with E-state index >= 15 is 0 Å². The lowest BCUT2D eigenvalue weighted by atomic mass is 10.1. The van der Waals surface area contributed by atoms with Gasteiger partial charge in [0.15, 0.2) is 5.13 Å². The number of piperidine rings is 1. The predicted octanol–water partition coefficient (Wildman–Crippen LogP) is 1.48. The maximum absolute atomic E-state index is 12.2. The Balaban J connectivity index is 2.04. The van der Waals surface area contributed by atoms with E-state index in [1.54, 1.807) is 7.11 Å². The topological polar surface area (TPSA) is 80.5 Å². The molecule has 112 valence electrons. The lowest BCUT2D eigenvalue weighted by Crippen LogP contribution is -2.35. The number of nitrogens with two attached hydrogens (primary N) is 1. The maximum Gasteiger partial charge on any atom is 0.265 e. The molecule has 1 aromatic heterocycles. The molecular formula is C13H22N4O2S. The Morgan fingerprint density at radius 3 is 2.85 bits per heavy atom. The molecule has 0 aliphatic carbocycles. The average molecular weight is 298 g/mol. The minimum Gasteiger partial charge on any atom is -0.383 e. The fraction of sp³-hybridized carbons (Fsp3) is 0.692. The summed E-state index contributed by atoms with van der Waals surface area (Å²) in [6.07, 6.45) is 3.61. The second kappa shape index (κ2) is 6.90. The largest absolute Gasteiger partial charge is 0.383 e. The molecule has 0 aromatic carbocycles. The fourth-order valence-corrected chi connectivity index (χ4v) is 3.22. The molecule has 1 atom stereocenters. The number of rotatable bonds is 5. The van der Waals surface area contributed by atoms with Crippen molar-refractivity contribution in [2.24, 2.45) is 0 Å². The summed E-state index contributed by atoms with van der Waals surface area (Å²) in [5, 5.41) is 3.72. The molecule has 2 rings (SSSR count). The van der Waals surface area contributed by atoms with E-state index in [1.807, 2.05) is 6.92 Å². The van der Waals surface area contributed by atoms with Gasteiger partial charge in [0, 0.05) is 26.2 Å². The second-order valence-electron chi connectivity index (χ2n) is 5.09. The van der Waals surface area contributed by atoms with Crippen molar-refractivity contribution in [2.75, 3.05) is 37.4 Å². The Morgan fingerprint density at radius 1 is 1.50 bits per heavy atom. The Labute approximate surface area is 123 Å². The Morgan fingerprint density at radius 2 is 2.20 bits per heavy atom. The molecule has 1 aromatic rings. The SMILES string of the molecule is COCC(C)NC(=O)c1sc(N2CCCCC2)nc1N. The van der Waals surface area contributed by atoms with Crippen molar-refractivity contribution in [1.82, 2.24) is 10.3 Å². The van der Waals surface area contributed by atoms with E-state index < -0.39 is 0 Å². The summed E-state index contributed by atoms with van der Waals surface area (Å²) in [5.74, 6) is 0.144. The number of ether oxygens (including phenoxy) is 1. The molecule has 7 heteroatoms. The van der Waals surface area contributed by atoms with Gasteiger partial charge in [0.1, 0.15) is 10.7 Å². The van der Waals surface area contributed by atoms with Gasteiger partial charge in [0.2, 0.25) is 0 Å². The highest BCUT2D eigenvalue weighted by atomic mass is 32.1. The van der Waals surface area contributed by atoms with Crippen molar-refractivity contribution >= 4 is 28.2 Å². The number of carbonyl (C=O) groups is 1. The van der Waals surface area contributed by atoms with Crippen LogP contribution in [0.3, 0.4) is 0 Å². The van der Waals surface area contributed by atoms with E-state index in [4.69, 9.17) is 10.5 Å². The second-order valence-corrected chi connectivity index (χ2v) is 6.07. The monoisotopic (exact) mass is 298 g/mol. The fourth-order valence-electron chi connectivity index (χ4n) is 2.28. The predicted molar refractivity (Wildman–Crippen MR) is 81.4 cm³/mol. The highest BCUT2D eigenvalue weighted by molar-refractivity contribution is 7.18. The van der Waals surface area contributed by atoms with Crippen molar-refractivity contribution in [3.63, 3.8) is 0 Å². The average Bonchev–Trinajstić information content (AvgIpc) is 2.82. The first kappa shape index (κ1) is 15.1. The molecule has 1 saturated heterocycles. The van der Waals surface area contributed by atoms with Gasteiger partial charge in [-0.1, -0.05) is 11.3 Å². The summed E-state index contributed by atoms with van der Waals surface area (Å²) in [4.78, 5) is 19.2. The number of thiazole rings is 1. The van der Waals surface area contributed by atoms with E-state index in [-0.39, 0.29) is 11.9 Å². The molecule has 3 N–H and O–H groups in total. The van der Waals surface area contributed by atoms with Crippen LogP contribution in [0.1, 0.15) is 35.9 Å². The van der Waals surface area contributed by atoms with Crippen molar-refractivity contribution in [2.45, 2.75) is 32.2 Å². The third-order valence-electron chi connectivity index (χ3n) is 3.27. The minimum absolute atomic E-state index is 0.0487. The van der Waals surface area contributed by atoms with Crippen molar-refractivity contribution in [3.05, 3.63) is 4.88 Å². The molecule has 1 unspecified atom stereocenters. The molecule has 0 radical (unpaired) electrons. The molecule has 0 spiro atoms. The molecule has 0 bridgehead atoms. The lowest BCUT2D eigenvalue weighted by Gasteiger charge is -2.25. The van der Waals surface area contributed by atoms with Crippen molar-refractivity contribution in [3.8, 4) is 0 Å². The molecule has 1 aliphatic rings. The molecule has 6 nitrogen and oxygen atoms in total. The van der Waals surface area contributed by atoms with Crippen LogP contribution in [-0.4, -0.2) is 43.7 Å². The molecule has 2 heterocycles. The Kier molecular flexibility index (Phi) is 5.19. The molecule has 1 amide bonds. The van der Waals surface area contributed by atoms with Gasteiger partial charge in [0.25, 0.3) is 5.91 Å². The summed E-state index contributed by atoms with van der Waals surface area (Å²) >= 11 is 1.37. The summed E-state index contributed by atoms with van der Waals surface area (Å²) in [7, 11) is 1.61. The quantitative estimate of drug-likeness (QED) is 0.860. The summed E-state index contributed by atoms with van der Waals surface area (Å²) < 4.78 is 5.00. The number of nitrogens with one attached hydrogen (secondary N) is 1. The van der Waals surface area contributed by atoms with Crippen LogP contribution < -0.4 is 16.0 Å². The highest BCUT2D eigenvalue weighted by Crippen LogP contribution is 2.29. The summed E-state index contributed by atoms with van der Waals surface area (Å²) in [6, 6.07) is -0.0487. The third-order valence-corrected chi connectivity index (χ3v) is 4.40. The van der Waals surface area contributed by atoms with Crippen LogP contribution >= 0.6 is 11.3 Å². The molecule has 0 saturated carbocycles. The van der Waals surface area contributed by atoms with Crippen molar-refractivity contribution < 1.29 is 9.53 Å². The number of carbonyl (C=O) groups excluding carboxylic acids is 1. The van der Waals surface area contributed by atoms with E-state index in [9.17, 15) is 4.79 Å². The van der Waals surface area contributed by atoms with E-state index in [0.29, 0.717) is 17.3 Å². The van der Waals surface area contributed by atoms with Gasteiger partial charge in [-0.2, -0.15) is 0 Å². The van der Waals surface area contributed by atoms with Crippen LogP contribution in [0.4, 0.5) is 10.9 Å². The number of nitrogen functional groups attached to an aromatic ring is 1. The number of anilines is 2. The number of methoxy groups -OCH3 is 1. The zero-order chi connectivity index (χ0) is 14.5.